The number of aromatic hydroxyl groups is 1. The monoisotopic (exact) mass is 179 g/mol. The molecule has 0 heterocycles. The second-order valence-corrected chi connectivity index (χ2v) is 4.51. The third-order valence-electron chi connectivity index (χ3n) is 1.54. The Kier molecular flexibility index (Phi) is 3.07. The second-order valence-electron chi connectivity index (χ2n) is 2.48. The summed E-state index contributed by atoms with van der Waals surface area (Å²) >= 11 is 0. The highest BCUT2D eigenvalue weighted by molar-refractivity contribution is 7.96. The Balaban J connectivity index is 2.76. The molecule has 0 saturated carbocycles. The van der Waals surface area contributed by atoms with Gasteiger partial charge in [0, 0.05) is 10.9 Å². The highest BCUT2D eigenvalue weighted by atomic mass is 32.2. The van der Waals surface area contributed by atoms with Gasteiger partial charge in [0.15, 0.2) is 10.6 Å². The number of phenolic OH excluding ortho intramolecular Hbond substituents is 1. The first-order valence-corrected chi connectivity index (χ1v) is 5.39. The molecule has 1 nitrogen and oxygen atoms in total. The van der Waals surface area contributed by atoms with Crippen LogP contribution < -0.4 is 0 Å². The van der Waals surface area contributed by atoms with Crippen molar-refractivity contribution in [2.24, 2.45) is 0 Å². The highest BCUT2D eigenvalue weighted by Gasteiger charge is 2.12. The van der Waals surface area contributed by atoms with Crippen LogP contribution in [0.25, 0.3) is 0 Å². The van der Waals surface area contributed by atoms with Crippen molar-refractivity contribution in [3.8, 4) is 18.1 Å². The molecule has 0 amide bonds. The van der Waals surface area contributed by atoms with Gasteiger partial charge in [-0.05, 0) is 24.3 Å². The Hall–Kier alpha value is -1.07. The molecule has 0 spiro atoms. The quantitative estimate of drug-likeness (QED) is 0.540. The molecule has 0 radical (unpaired) electrons. The number of rotatable bonds is 2. The van der Waals surface area contributed by atoms with Crippen LogP contribution in [0.4, 0.5) is 0 Å². The number of hydrogen-bond acceptors (Lipinski definition) is 1. The van der Waals surface area contributed by atoms with Crippen LogP contribution >= 0.6 is 0 Å². The topological polar surface area (TPSA) is 20.2 Å². The fourth-order valence-corrected chi connectivity index (χ4v) is 1.90. The average Bonchev–Trinajstić information content (AvgIpc) is 2.06. The fraction of sp³-hybridized carbons (Fsp3) is 0.200. The lowest BCUT2D eigenvalue weighted by Gasteiger charge is -1.97. The minimum Gasteiger partial charge on any atom is -0.508 e. The molecule has 0 saturated heterocycles. The van der Waals surface area contributed by atoms with Crippen LogP contribution in [0, 0.1) is 12.3 Å². The van der Waals surface area contributed by atoms with E-state index in [4.69, 9.17) is 11.5 Å². The molecule has 12 heavy (non-hydrogen) atoms. The van der Waals surface area contributed by atoms with Crippen LogP contribution in [-0.4, -0.2) is 17.1 Å². The van der Waals surface area contributed by atoms with E-state index in [9.17, 15) is 0 Å². The molecule has 1 atom stereocenters. The lowest BCUT2D eigenvalue weighted by atomic mass is 10.3. The Morgan fingerprint density at radius 2 is 2.00 bits per heavy atom. The summed E-state index contributed by atoms with van der Waals surface area (Å²) in [5.74, 6) is 3.70. The van der Waals surface area contributed by atoms with Gasteiger partial charge in [-0.25, -0.2) is 0 Å². The first-order valence-electron chi connectivity index (χ1n) is 3.59. The van der Waals surface area contributed by atoms with Crippen LogP contribution in [-0.2, 0) is 10.9 Å². The average molecular weight is 179 g/mol. The van der Waals surface area contributed by atoms with E-state index in [0.29, 0.717) is 5.75 Å². The van der Waals surface area contributed by atoms with Gasteiger partial charge in [-0.15, -0.1) is 6.42 Å². The summed E-state index contributed by atoms with van der Waals surface area (Å²) in [5, 5.41) is 9.03. The zero-order valence-electron chi connectivity index (χ0n) is 6.95. The van der Waals surface area contributed by atoms with E-state index in [0.717, 1.165) is 5.75 Å². The van der Waals surface area contributed by atoms with Gasteiger partial charge in [-0.2, -0.15) is 0 Å². The molecule has 1 aromatic rings. The van der Waals surface area contributed by atoms with Crippen LogP contribution in [0.3, 0.4) is 0 Å². The standard InChI is InChI=1S/C10H10OS/c1-3-8-12(2)10-6-4-9(11)5-7-10/h1,4-7H,8H2,2H3/p+1. The van der Waals surface area contributed by atoms with Gasteiger partial charge in [0.05, 0.1) is 0 Å². The maximum atomic E-state index is 9.03. The maximum absolute atomic E-state index is 9.03. The maximum Gasteiger partial charge on any atom is 0.173 e. The molecule has 0 aliphatic rings. The minimum absolute atomic E-state index is 0.111. The number of terminal acetylenes is 1. The van der Waals surface area contributed by atoms with Crippen molar-refractivity contribution in [3.63, 3.8) is 0 Å². The molecule has 0 aliphatic carbocycles. The van der Waals surface area contributed by atoms with Gasteiger partial charge in [0.2, 0.25) is 0 Å². The Morgan fingerprint density at radius 1 is 1.42 bits per heavy atom. The third-order valence-corrected chi connectivity index (χ3v) is 3.22. The molecular weight excluding hydrogens is 168 g/mol. The van der Waals surface area contributed by atoms with Crippen molar-refractivity contribution < 1.29 is 5.11 Å². The largest absolute Gasteiger partial charge is 0.508 e. The molecule has 0 fully saturated rings. The number of phenols is 1. The van der Waals surface area contributed by atoms with E-state index in [2.05, 4.69) is 12.2 Å². The van der Waals surface area contributed by atoms with Gasteiger partial charge >= 0.3 is 0 Å². The lowest BCUT2D eigenvalue weighted by molar-refractivity contribution is 0.475. The van der Waals surface area contributed by atoms with Crippen LogP contribution in [0.15, 0.2) is 29.2 Å². The molecule has 1 N–H and O–H groups in total. The molecule has 1 aromatic carbocycles. The molecular formula is C10H11OS+. The van der Waals surface area contributed by atoms with Crippen molar-refractivity contribution in [1.82, 2.24) is 0 Å². The summed E-state index contributed by atoms with van der Waals surface area (Å²) < 4.78 is 0. The van der Waals surface area contributed by atoms with Crippen molar-refractivity contribution in [2.75, 3.05) is 12.0 Å². The van der Waals surface area contributed by atoms with Gasteiger partial charge in [0.1, 0.15) is 12.0 Å². The highest BCUT2D eigenvalue weighted by Crippen LogP contribution is 2.15. The smallest absolute Gasteiger partial charge is 0.173 e. The van der Waals surface area contributed by atoms with Gasteiger partial charge in [0.25, 0.3) is 0 Å². The van der Waals surface area contributed by atoms with Gasteiger partial charge in [-0.3, -0.25) is 0 Å². The summed E-state index contributed by atoms with van der Waals surface area (Å²) in [6.45, 7) is 0. The van der Waals surface area contributed by atoms with E-state index in [1.54, 1.807) is 12.1 Å². The third kappa shape index (κ3) is 2.21. The first-order chi connectivity index (χ1) is 5.74. The fourth-order valence-electron chi connectivity index (χ4n) is 0.887. The van der Waals surface area contributed by atoms with Gasteiger partial charge < -0.3 is 5.11 Å². The Morgan fingerprint density at radius 3 is 2.50 bits per heavy atom. The molecule has 0 aliphatic heterocycles. The number of hydrogen-bond donors (Lipinski definition) is 1. The van der Waals surface area contributed by atoms with Crippen LogP contribution in [0.1, 0.15) is 0 Å². The molecule has 1 unspecified atom stereocenters. The predicted molar refractivity (Wildman–Crippen MR) is 53.4 cm³/mol. The molecule has 0 aromatic heterocycles. The summed E-state index contributed by atoms with van der Waals surface area (Å²) in [6.07, 6.45) is 7.31. The van der Waals surface area contributed by atoms with Crippen molar-refractivity contribution in [1.29, 1.82) is 0 Å². The van der Waals surface area contributed by atoms with E-state index >= 15 is 0 Å². The number of benzene rings is 1. The Bertz CT molecular complexity index is 284. The van der Waals surface area contributed by atoms with E-state index in [-0.39, 0.29) is 10.9 Å². The predicted octanol–water partition coefficient (Wildman–Crippen LogP) is 1.63. The first kappa shape index (κ1) is 9.02. The van der Waals surface area contributed by atoms with Crippen molar-refractivity contribution in [2.45, 2.75) is 4.90 Å². The van der Waals surface area contributed by atoms with Gasteiger partial charge in [-0.1, -0.05) is 5.92 Å². The molecule has 62 valence electrons. The van der Waals surface area contributed by atoms with Crippen LogP contribution in [0.5, 0.6) is 5.75 Å². The normalized spacial score (nSPS) is 12.0. The summed E-state index contributed by atoms with van der Waals surface area (Å²) in [7, 11) is 0.111. The SMILES string of the molecule is C#CC[S+](C)c1ccc(O)cc1. The Labute approximate surface area is 75.8 Å². The summed E-state index contributed by atoms with van der Waals surface area (Å²) in [4.78, 5) is 1.20. The second kappa shape index (κ2) is 4.08. The minimum atomic E-state index is 0.111. The molecule has 1 rings (SSSR count). The van der Waals surface area contributed by atoms with E-state index < -0.39 is 0 Å². The zero-order chi connectivity index (χ0) is 8.97. The van der Waals surface area contributed by atoms with Crippen molar-refractivity contribution >= 4 is 10.9 Å². The summed E-state index contributed by atoms with van der Waals surface area (Å²) in [5.41, 5.74) is 0. The zero-order valence-corrected chi connectivity index (χ0v) is 7.77. The van der Waals surface area contributed by atoms with E-state index in [1.807, 2.05) is 12.1 Å². The molecule has 2 heteroatoms. The van der Waals surface area contributed by atoms with E-state index in [1.165, 1.54) is 4.90 Å². The van der Waals surface area contributed by atoms with Crippen molar-refractivity contribution in [3.05, 3.63) is 24.3 Å². The lowest BCUT2D eigenvalue weighted by Crippen LogP contribution is -2.02. The molecule has 0 bridgehead atoms. The summed E-state index contributed by atoms with van der Waals surface area (Å²) in [6, 6.07) is 7.20. The van der Waals surface area contributed by atoms with Crippen LogP contribution in [0.2, 0.25) is 0 Å².